The van der Waals surface area contributed by atoms with Gasteiger partial charge in [-0.2, -0.15) is 0 Å². The summed E-state index contributed by atoms with van der Waals surface area (Å²) in [4.78, 5) is 63.2. The van der Waals surface area contributed by atoms with Gasteiger partial charge in [0.25, 0.3) is 22.9 Å². The largest absolute Gasteiger partial charge is 0.467 e. The lowest BCUT2D eigenvalue weighted by atomic mass is 10.1. The molecule has 0 saturated carbocycles. The van der Waals surface area contributed by atoms with E-state index in [2.05, 4.69) is 28.7 Å². The number of aryl methyl sites for hydroxylation is 2. The number of H-pyrrole nitrogens is 2. The van der Waals surface area contributed by atoms with Gasteiger partial charge >= 0.3 is 0 Å². The molecule has 0 atom stereocenters. The number of carbonyl (C=O) groups excluding carboxylic acids is 2. The molecule has 4 aromatic heterocycles. The first-order valence-corrected chi connectivity index (χ1v) is 21.6. The first-order valence-electron chi connectivity index (χ1n) is 21.2. The van der Waals surface area contributed by atoms with Gasteiger partial charge in [-0.3, -0.25) is 19.2 Å². The van der Waals surface area contributed by atoms with E-state index in [1.165, 1.54) is 17.2 Å². The number of nitrogens with zero attached hydrogens (tertiary/aromatic N) is 3. The second-order valence-electron chi connectivity index (χ2n) is 15.8. The van der Waals surface area contributed by atoms with E-state index in [1.807, 2.05) is 68.4 Å². The van der Waals surface area contributed by atoms with Crippen molar-refractivity contribution in [3.05, 3.63) is 204 Å². The number of halogens is 3. The van der Waals surface area contributed by atoms with Gasteiger partial charge in [0.1, 0.15) is 11.5 Å². The first kappa shape index (κ1) is 45.8. The van der Waals surface area contributed by atoms with E-state index in [4.69, 9.17) is 20.4 Å². The standard InChI is InChI=1S/C28H30ClN3O3.C23H18F2N2O3/c1-4-12-31(5-2)26-16-20(9-10-24(26)29)28(34)32(18-23-7-6-13-35-23)17-22-15-21-14-19(3)8-11-25(21)30-27(22)33;1-14-4-7-21-16(9-14)10-17(22(28)26-21)12-27(13-18-3-2-8-30-18)23(29)15-5-6-19(24)20(25)11-15/h6-11,13-16H,4-5,12,17-18H2,1-3H3,(H,30,33);2-11H,12-13H2,1H3,(H,26,28). The van der Waals surface area contributed by atoms with Gasteiger partial charge in [-0.1, -0.05) is 41.8 Å². The zero-order valence-corrected chi connectivity index (χ0v) is 37.2. The van der Waals surface area contributed by atoms with Crippen LogP contribution in [0.3, 0.4) is 0 Å². The smallest absolute Gasteiger partial charge is 0.254 e. The second-order valence-corrected chi connectivity index (χ2v) is 16.2. The predicted molar refractivity (Wildman–Crippen MR) is 249 cm³/mol. The second kappa shape index (κ2) is 20.5. The van der Waals surface area contributed by atoms with E-state index >= 15 is 0 Å². The summed E-state index contributed by atoms with van der Waals surface area (Å²) in [5.74, 6) is -1.76. The van der Waals surface area contributed by atoms with Gasteiger partial charge in [-0.15, -0.1) is 0 Å². The summed E-state index contributed by atoms with van der Waals surface area (Å²) in [6.07, 6.45) is 4.02. The SMILES string of the molecule is CCCN(CC)c1cc(C(=O)N(Cc2ccco2)Cc2cc3cc(C)ccc3[nH]c2=O)ccc1Cl.Cc1ccc2[nH]c(=O)c(CN(Cc3ccco3)C(=O)c3ccc(F)c(F)c3)cc2c1. The lowest BCUT2D eigenvalue weighted by Crippen LogP contribution is -2.32. The van der Waals surface area contributed by atoms with E-state index in [0.717, 1.165) is 64.7 Å². The number of pyridine rings is 2. The summed E-state index contributed by atoms with van der Waals surface area (Å²) in [6.45, 7) is 10.2. The number of furan rings is 2. The van der Waals surface area contributed by atoms with Crippen LogP contribution in [0.2, 0.25) is 5.02 Å². The third-order valence-electron chi connectivity index (χ3n) is 10.9. The van der Waals surface area contributed by atoms with Crippen LogP contribution in [0, 0.1) is 25.5 Å². The molecule has 334 valence electrons. The van der Waals surface area contributed by atoms with Crippen LogP contribution in [0.4, 0.5) is 14.5 Å². The average molecular weight is 900 g/mol. The molecule has 0 fully saturated rings. The van der Waals surface area contributed by atoms with Crippen molar-refractivity contribution in [2.45, 2.75) is 60.3 Å². The van der Waals surface area contributed by atoms with Gasteiger partial charge in [0, 0.05) is 46.4 Å². The molecule has 4 aromatic carbocycles. The first-order chi connectivity index (χ1) is 31.3. The molecule has 0 bridgehead atoms. The van der Waals surface area contributed by atoms with E-state index in [-0.39, 0.29) is 48.8 Å². The third kappa shape index (κ3) is 11.1. The van der Waals surface area contributed by atoms with Crippen LogP contribution in [-0.4, -0.2) is 44.7 Å². The molecule has 0 aliphatic carbocycles. The molecule has 8 aromatic rings. The highest BCUT2D eigenvalue weighted by molar-refractivity contribution is 6.33. The lowest BCUT2D eigenvalue weighted by molar-refractivity contribution is 0.0710. The minimum atomic E-state index is -1.11. The Balaban J connectivity index is 0.000000196. The molecule has 65 heavy (non-hydrogen) atoms. The van der Waals surface area contributed by atoms with Crippen LogP contribution >= 0.6 is 11.6 Å². The lowest BCUT2D eigenvalue weighted by Gasteiger charge is -2.26. The maximum absolute atomic E-state index is 13.7. The molecule has 2 N–H and O–H groups in total. The third-order valence-corrected chi connectivity index (χ3v) is 11.2. The Morgan fingerprint density at radius 1 is 0.615 bits per heavy atom. The van der Waals surface area contributed by atoms with Crippen LogP contribution < -0.4 is 16.0 Å². The predicted octanol–water partition coefficient (Wildman–Crippen LogP) is 10.7. The number of hydrogen-bond acceptors (Lipinski definition) is 7. The van der Waals surface area contributed by atoms with Crippen molar-refractivity contribution >= 4 is 50.9 Å². The van der Waals surface area contributed by atoms with Crippen molar-refractivity contribution in [2.75, 3.05) is 18.0 Å². The van der Waals surface area contributed by atoms with E-state index in [1.54, 1.807) is 47.6 Å². The number of nitrogens with one attached hydrogen (secondary N) is 2. The van der Waals surface area contributed by atoms with Crippen molar-refractivity contribution in [2.24, 2.45) is 0 Å². The Morgan fingerprint density at radius 3 is 1.58 bits per heavy atom. The molecule has 0 radical (unpaired) electrons. The molecule has 0 aliphatic rings. The number of aromatic nitrogens is 2. The molecule has 2 amide bonds. The topological polar surface area (TPSA) is 136 Å². The quantitative estimate of drug-likeness (QED) is 0.111. The summed E-state index contributed by atoms with van der Waals surface area (Å²) in [5.41, 5.74) is 5.26. The van der Waals surface area contributed by atoms with Gasteiger partial charge in [0.05, 0.1) is 49.4 Å². The van der Waals surface area contributed by atoms with Crippen LogP contribution in [0.25, 0.3) is 21.8 Å². The van der Waals surface area contributed by atoms with Gasteiger partial charge in [-0.25, -0.2) is 8.78 Å². The molecular formula is C51H48ClF2N5O6. The molecule has 0 aliphatic heterocycles. The number of fused-ring (bicyclic) bond motifs is 2. The molecule has 0 saturated heterocycles. The summed E-state index contributed by atoms with van der Waals surface area (Å²) < 4.78 is 37.8. The summed E-state index contributed by atoms with van der Waals surface area (Å²) >= 11 is 6.50. The molecule has 14 heteroatoms. The zero-order valence-electron chi connectivity index (χ0n) is 36.4. The molecule has 11 nitrogen and oxygen atoms in total. The van der Waals surface area contributed by atoms with Crippen molar-refractivity contribution in [3.63, 3.8) is 0 Å². The van der Waals surface area contributed by atoms with Crippen LogP contribution in [0.5, 0.6) is 0 Å². The summed E-state index contributed by atoms with van der Waals surface area (Å²) in [6, 6.07) is 30.4. The van der Waals surface area contributed by atoms with E-state index in [9.17, 15) is 28.0 Å². The number of aromatic amines is 2. The minimum absolute atomic E-state index is 0.0199. The van der Waals surface area contributed by atoms with Crippen LogP contribution in [-0.2, 0) is 26.2 Å². The molecule has 0 spiro atoms. The molecule has 0 unspecified atom stereocenters. The maximum atomic E-state index is 13.7. The van der Waals surface area contributed by atoms with Crippen LogP contribution in [0.1, 0.15) is 74.8 Å². The Labute approximate surface area is 378 Å². The fraction of sp³-hybridized carbons (Fsp3) is 0.216. The highest BCUT2D eigenvalue weighted by Crippen LogP contribution is 2.29. The minimum Gasteiger partial charge on any atom is -0.467 e. The molecule has 4 heterocycles. The Hall–Kier alpha value is -7.25. The van der Waals surface area contributed by atoms with E-state index < -0.39 is 17.5 Å². The Kier molecular flexibility index (Phi) is 14.4. The monoisotopic (exact) mass is 899 g/mol. The molecule has 8 rings (SSSR count). The molecular weight excluding hydrogens is 852 g/mol. The summed E-state index contributed by atoms with van der Waals surface area (Å²) in [7, 11) is 0. The highest BCUT2D eigenvalue weighted by Gasteiger charge is 2.23. The Morgan fingerprint density at radius 2 is 1.12 bits per heavy atom. The fourth-order valence-electron chi connectivity index (χ4n) is 7.57. The van der Waals surface area contributed by atoms with Crippen molar-refractivity contribution in [3.8, 4) is 0 Å². The average Bonchev–Trinajstić information content (AvgIpc) is 4.02. The van der Waals surface area contributed by atoms with Gasteiger partial charge in [0.2, 0.25) is 0 Å². The van der Waals surface area contributed by atoms with Crippen molar-refractivity contribution in [1.29, 1.82) is 0 Å². The number of benzene rings is 4. The number of rotatable bonds is 14. The normalized spacial score (nSPS) is 11.1. The highest BCUT2D eigenvalue weighted by atomic mass is 35.5. The van der Waals surface area contributed by atoms with Gasteiger partial charge < -0.3 is 33.5 Å². The number of anilines is 1. The van der Waals surface area contributed by atoms with Crippen molar-refractivity contribution < 1.29 is 27.2 Å². The van der Waals surface area contributed by atoms with E-state index in [0.29, 0.717) is 38.8 Å². The van der Waals surface area contributed by atoms with Gasteiger partial charge in [0.15, 0.2) is 11.6 Å². The fourth-order valence-corrected chi connectivity index (χ4v) is 7.81. The summed E-state index contributed by atoms with van der Waals surface area (Å²) in [5, 5.41) is 2.37. The van der Waals surface area contributed by atoms with Gasteiger partial charge in [-0.05, 0) is 135 Å². The number of carbonyl (C=O) groups is 2. The van der Waals surface area contributed by atoms with Crippen LogP contribution in [0.15, 0.2) is 140 Å². The maximum Gasteiger partial charge on any atom is 0.254 e. The number of hydrogen-bond donors (Lipinski definition) is 2. The Bertz CT molecular complexity index is 3070. The number of amides is 2. The zero-order chi connectivity index (χ0) is 46.2. The van der Waals surface area contributed by atoms with Crippen molar-refractivity contribution in [1.82, 2.24) is 19.8 Å².